The van der Waals surface area contributed by atoms with E-state index in [-0.39, 0.29) is 16.0 Å². The van der Waals surface area contributed by atoms with Gasteiger partial charge in [0.1, 0.15) is 0 Å². The second kappa shape index (κ2) is 3.40. The Morgan fingerprint density at radius 3 is 2.60 bits per heavy atom. The molecule has 1 aromatic carbocycles. The second-order valence-corrected chi connectivity index (χ2v) is 4.63. The largest absolute Gasteiger partial charge is 0.304 e. The molecule has 1 atom stereocenters. The predicted octanol–water partition coefficient (Wildman–Crippen LogP) is 4.43. The minimum Gasteiger partial charge on any atom is -0.205 e. The minimum atomic E-state index is -2.98. The first-order chi connectivity index (χ1) is 6.93. The van der Waals surface area contributed by atoms with Crippen LogP contribution >= 0.6 is 11.8 Å². The molecule has 0 amide bonds. The molecule has 0 aliphatic carbocycles. The van der Waals surface area contributed by atoms with Gasteiger partial charge in [-0.05, 0) is 11.6 Å². The van der Waals surface area contributed by atoms with Crippen molar-refractivity contribution in [1.29, 1.82) is 0 Å². The van der Waals surface area contributed by atoms with Crippen LogP contribution in [0.3, 0.4) is 0 Å². The Balaban J connectivity index is 2.56. The summed E-state index contributed by atoms with van der Waals surface area (Å²) >= 11 is 0.366. The van der Waals surface area contributed by atoms with Gasteiger partial charge in [-0.1, -0.05) is 30.8 Å². The zero-order chi connectivity index (χ0) is 11.2. The first-order valence-electron chi connectivity index (χ1n) is 4.41. The van der Waals surface area contributed by atoms with Crippen LogP contribution in [-0.4, -0.2) is 5.25 Å². The molecule has 0 radical (unpaired) electrons. The molecule has 82 valence electrons. The van der Waals surface area contributed by atoms with Crippen molar-refractivity contribution >= 4 is 11.8 Å². The summed E-state index contributed by atoms with van der Waals surface area (Å²) in [7, 11) is 0. The highest BCUT2D eigenvalue weighted by atomic mass is 32.2. The third-order valence-electron chi connectivity index (χ3n) is 2.52. The standard InChI is InChI=1S/C10H8F4S/c1-5-8-6(9(11)12)3-2-4-7(8)15-10(5,13)14/h2-5,9H,1H3. The molecule has 0 spiro atoms. The summed E-state index contributed by atoms with van der Waals surface area (Å²) in [6.45, 7) is 1.28. The van der Waals surface area contributed by atoms with Gasteiger partial charge in [-0.15, -0.1) is 0 Å². The average molecular weight is 236 g/mol. The Labute approximate surface area is 88.7 Å². The van der Waals surface area contributed by atoms with Crippen molar-refractivity contribution in [2.45, 2.75) is 29.4 Å². The van der Waals surface area contributed by atoms with Gasteiger partial charge in [0.25, 0.3) is 6.43 Å². The smallest absolute Gasteiger partial charge is 0.205 e. The van der Waals surface area contributed by atoms with Crippen molar-refractivity contribution in [1.82, 2.24) is 0 Å². The van der Waals surface area contributed by atoms with E-state index in [1.807, 2.05) is 0 Å². The molecule has 0 fully saturated rings. The fourth-order valence-electron chi connectivity index (χ4n) is 1.71. The Bertz CT molecular complexity index is 389. The number of alkyl halides is 4. The fourth-order valence-corrected chi connectivity index (χ4v) is 2.85. The summed E-state index contributed by atoms with van der Waals surface area (Å²) in [5.41, 5.74) is -0.174. The van der Waals surface area contributed by atoms with E-state index >= 15 is 0 Å². The Morgan fingerprint density at radius 1 is 1.33 bits per heavy atom. The van der Waals surface area contributed by atoms with Gasteiger partial charge in [0.05, 0.1) is 5.92 Å². The van der Waals surface area contributed by atoms with E-state index in [1.54, 1.807) is 0 Å². The van der Waals surface area contributed by atoms with Crippen LogP contribution in [0.5, 0.6) is 0 Å². The van der Waals surface area contributed by atoms with Crippen molar-refractivity contribution in [3.63, 3.8) is 0 Å². The molecule has 0 bridgehead atoms. The number of hydrogen-bond acceptors (Lipinski definition) is 1. The van der Waals surface area contributed by atoms with Crippen molar-refractivity contribution in [3.05, 3.63) is 29.3 Å². The van der Waals surface area contributed by atoms with Crippen LogP contribution in [0.15, 0.2) is 23.1 Å². The molecular formula is C10H8F4S. The maximum absolute atomic E-state index is 13.3. The van der Waals surface area contributed by atoms with E-state index in [1.165, 1.54) is 25.1 Å². The predicted molar refractivity (Wildman–Crippen MR) is 50.6 cm³/mol. The van der Waals surface area contributed by atoms with Crippen LogP contribution in [0.2, 0.25) is 0 Å². The number of fused-ring (bicyclic) bond motifs is 1. The van der Waals surface area contributed by atoms with Crippen LogP contribution in [0.4, 0.5) is 17.6 Å². The monoisotopic (exact) mass is 236 g/mol. The molecule has 1 aliphatic heterocycles. The van der Waals surface area contributed by atoms with Crippen molar-refractivity contribution < 1.29 is 17.6 Å². The van der Waals surface area contributed by atoms with E-state index in [0.717, 1.165) is 0 Å². The third-order valence-corrected chi connectivity index (χ3v) is 3.72. The molecule has 5 heteroatoms. The quantitative estimate of drug-likeness (QED) is 0.650. The van der Waals surface area contributed by atoms with Crippen molar-refractivity contribution in [2.24, 2.45) is 0 Å². The summed E-state index contributed by atoms with van der Waals surface area (Å²) in [6, 6.07) is 4.06. The maximum Gasteiger partial charge on any atom is 0.304 e. The first-order valence-corrected chi connectivity index (χ1v) is 5.23. The lowest BCUT2D eigenvalue weighted by molar-refractivity contribution is 0.0817. The van der Waals surface area contributed by atoms with Crippen LogP contribution in [0.25, 0.3) is 0 Å². The summed E-state index contributed by atoms with van der Waals surface area (Å²) in [6.07, 6.45) is -2.70. The number of hydrogen-bond donors (Lipinski definition) is 0. The Kier molecular flexibility index (Phi) is 2.45. The highest BCUT2D eigenvalue weighted by molar-refractivity contribution is 8.00. The van der Waals surface area contributed by atoms with E-state index < -0.39 is 17.6 Å². The normalized spacial score (nSPS) is 23.2. The van der Waals surface area contributed by atoms with Gasteiger partial charge < -0.3 is 0 Å². The van der Waals surface area contributed by atoms with Crippen LogP contribution in [0, 0.1) is 0 Å². The van der Waals surface area contributed by atoms with E-state index in [0.29, 0.717) is 11.8 Å². The van der Waals surface area contributed by atoms with E-state index in [2.05, 4.69) is 0 Å². The first kappa shape index (κ1) is 10.8. The number of benzene rings is 1. The lowest BCUT2D eigenvalue weighted by Crippen LogP contribution is -2.14. The maximum atomic E-state index is 13.3. The highest BCUT2D eigenvalue weighted by Crippen LogP contribution is 2.56. The molecule has 1 aromatic rings. The van der Waals surface area contributed by atoms with Crippen molar-refractivity contribution in [2.75, 3.05) is 0 Å². The van der Waals surface area contributed by atoms with E-state index in [9.17, 15) is 17.6 Å². The van der Waals surface area contributed by atoms with Crippen LogP contribution in [0.1, 0.15) is 30.4 Å². The molecule has 0 nitrogen and oxygen atoms in total. The highest BCUT2D eigenvalue weighted by Gasteiger charge is 2.47. The molecule has 2 rings (SSSR count). The van der Waals surface area contributed by atoms with Gasteiger partial charge in [-0.3, -0.25) is 0 Å². The van der Waals surface area contributed by atoms with Gasteiger partial charge in [0, 0.05) is 10.5 Å². The molecule has 1 heterocycles. The summed E-state index contributed by atoms with van der Waals surface area (Å²) in [5, 5.41) is -2.98. The average Bonchev–Trinajstić information content (AvgIpc) is 2.37. The molecule has 15 heavy (non-hydrogen) atoms. The van der Waals surface area contributed by atoms with Gasteiger partial charge in [0.15, 0.2) is 0 Å². The molecule has 1 aliphatic rings. The topological polar surface area (TPSA) is 0 Å². The summed E-state index contributed by atoms with van der Waals surface area (Å²) < 4.78 is 51.8. The van der Waals surface area contributed by atoms with E-state index in [4.69, 9.17) is 0 Å². The zero-order valence-electron chi connectivity index (χ0n) is 7.81. The molecule has 0 saturated carbocycles. The molecule has 0 N–H and O–H groups in total. The fraction of sp³-hybridized carbons (Fsp3) is 0.400. The Hall–Kier alpha value is -0.710. The Morgan fingerprint density at radius 2 is 2.00 bits per heavy atom. The number of rotatable bonds is 1. The molecule has 0 aromatic heterocycles. The van der Waals surface area contributed by atoms with Gasteiger partial charge in [-0.25, -0.2) is 8.78 Å². The lowest BCUT2D eigenvalue weighted by atomic mass is 9.96. The minimum absolute atomic E-state index is 0.0995. The molecular weight excluding hydrogens is 228 g/mol. The lowest BCUT2D eigenvalue weighted by Gasteiger charge is -2.15. The SMILES string of the molecule is CC1c2c(cccc2C(F)F)SC1(F)F. The zero-order valence-corrected chi connectivity index (χ0v) is 8.62. The summed E-state index contributed by atoms with van der Waals surface area (Å²) in [4.78, 5) is 0.269. The second-order valence-electron chi connectivity index (χ2n) is 3.45. The molecule has 0 saturated heterocycles. The number of thioether (sulfide) groups is 1. The van der Waals surface area contributed by atoms with Gasteiger partial charge in [0.2, 0.25) is 0 Å². The number of halogens is 4. The summed E-state index contributed by atoms with van der Waals surface area (Å²) in [5.74, 6) is -1.15. The van der Waals surface area contributed by atoms with Crippen LogP contribution < -0.4 is 0 Å². The molecule has 1 unspecified atom stereocenters. The van der Waals surface area contributed by atoms with Gasteiger partial charge >= 0.3 is 5.25 Å². The van der Waals surface area contributed by atoms with Crippen molar-refractivity contribution in [3.8, 4) is 0 Å². The van der Waals surface area contributed by atoms with Gasteiger partial charge in [-0.2, -0.15) is 8.78 Å². The third kappa shape index (κ3) is 1.62. The van der Waals surface area contributed by atoms with Crippen LogP contribution in [-0.2, 0) is 0 Å².